The first-order chi connectivity index (χ1) is 9.96. The first-order valence-electron chi connectivity index (χ1n) is 7.89. The van der Waals surface area contributed by atoms with Crippen LogP contribution in [0.5, 0.6) is 0 Å². The minimum atomic E-state index is -0.492. The highest BCUT2D eigenvalue weighted by Crippen LogP contribution is 2.15. The van der Waals surface area contributed by atoms with Crippen LogP contribution in [-0.4, -0.2) is 53.8 Å². The Balaban J connectivity index is 2.40. The van der Waals surface area contributed by atoms with Gasteiger partial charge >= 0.3 is 12.1 Å². The minimum Gasteiger partial charge on any atom is -0.459 e. The molecule has 1 rings (SSSR count). The smallest absolute Gasteiger partial charge is 0.410 e. The molecular formula is C16H30N2O4. The average molecular weight is 314 g/mol. The molecule has 1 saturated heterocycles. The summed E-state index contributed by atoms with van der Waals surface area (Å²) in [6.07, 6.45) is 1.53. The molecule has 6 nitrogen and oxygen atoms in total. The van der Waals surface area contributed by atoms with Crippen molar-refractivity contribution >= 4 is 12.1 Å². The van der Waals surface area contributed by atoms with Gasteiger partial charge in [-0.25, -0.2) is 4.79 Å². The number of hydrogen-bond acceptors (Lipinski definition) is 5. The second-order valence-electron chi connectivity index (χ2n) is 7.73. The maximum Gasteiger partial charge on any atom is 0.410 e. The third kappa shape index (κ3) is 7.64. The summed E-state index contributed by atoms with van der Waals surface area (Å²) in [4.78, 5) is 25.5. The van der Waals surface area contributed by atoms with Crippen LogP contribution in [0.15, 0.2) is 0 Å². The van der Waals surface area contributed by atoms with Crippen molar-refractivity contribution in [3.63, 3.8) is 0 Å². The summed E-state index contributed by atoms with van der Waals surface area (Å²) in [5.74, 6) is -0.276. The highest BCUT2D eigenvalue weighted by atomic mass is 16.6. The number of carbonyl (C=O) groups is 2. The molecule has 22 heavy (non-hydrogen) atoms. The van der Waals surface area contributed by atoms with E-state index < -0.39 is 11.2 Å². The number of likely N-dealkylation sites (tertiary alicyclic amines) is 1. The lowest BCUT2D eigenvalue weighted by Crippen LogP contribution is -2.50. The Bertz CT molecular complexity index is 396. The van der Waals surface area contributed by atoms with Gasteiger partial charge in [0.25, 0.3) is 0 Å². The number of ether oxygens (including phenoxy) is 2. The summed E-state index contributed by atoms with van der Waals surface area (Å²) in [5, 5.41) is 3.17. The van der Waals surface area contributed by atoms with Crippen molar-refractivity contribution < 1.29 is 19.1 Å². The van der Waals surface area contributed by atoms with E-state index in [1.165, 1.54) is 0 Å². The van der Waals surface area contributed by atoms with Crippen molar-refractivity contribution in [3.05, 3.63) is 0 Å². The van der Waals surface area contributed by atoms with E-state index in [1.54, 1.807) is 4.90 Å². The highest BCUT2D eigenvalue weighted by molar-refractivity contribution is 5.72. The predicted molar refractivity (Wildman–Crippen MR) is 84.7 cm³/mol. The Morgan fingerprint density at radius 2 is 1.68 bits per heavy atom. The van der Waals surface area contributed by atoms with Crippen LogP contribution in [0, 0.1) is 0 Å². The van der Waals surface area contributed by atoms with Crippen molar-refractivity contribution in [1.29, 1.82) is 0 Å². The predicted octanol–water partition coefficient (Wildman–Crippen LogP) is 2.32. The highest BCUT2D eigenvalue weighted by Gasteiger charge is 2.28. The van der Waals surface area contributed by atoms with Crippen LogP contribution in [0.4, 0.5) is 4.79 Å². The van der Waals surface area contributed by atoms with Gasteiger partial charge in [0.1, 0.15) is 11.2 Å². The molecular weight excluding hydrogens is 284 g/mol. The molecule has 0 radical (unpaired) electrons. The molecule has 1 aliphatic heterocycles. The third-order valence-corrected chi connectivity index (χ3v) is 3.03. The molecule has 1 amide bonds. The Morgan fingerprint density at radius 3 is 2.23 bits per heavy atom. The van der Waals surface area contributed by atoms with Gasteiger partial charge in [0.05, 0.1) is 6.54 Å². The summed E-state index contributed by atoms with van der Waals surface area (Å²) >= 11 is 0. The number of carbonyl (C=O) groups excluding carboxylic acids is 2. The number of rotatable bonds is 3. The number of esters is 1. The molecule has 0 bridgehead atoms. The zero-order valence-electron chi connectivity index (χ0n) is 14.7. The van der Waals surface area contributed by atoms with Crippen molar-refractivity contribution in [3.8, 4) is 0 Å². The van der Waals surface area contributed by atoms with Crippen molar-refractivity contribution in [1.82, 2.24) is 10.2 Å². The van der Waals surface area contributed by atoms with Crippen LogP contribution >= 0.6 is 0 Å². The van der Waals surface area contributed by atoms with Crippen molar-refractivity contribution in [2.75, 3.05) is 19.6 Å². The summed E-state index contributed by atoms with van der Waals surface area (Å²) in [7, 11) is 0. The molecule has 6 heteroatoms. The number of nitrogens with zero attached hydrogens (tertiary/aromatic N) is 1. The van der Waals surface area contributed by atoms with Crippen LogP contribution in [0.1, 0.15) is 54.4 Å². The molecule has 0 saturated carbocycles. The summed E-state index contributed by atoms with van der Waals surface area (Å²) < 4.78 is 10.6. The van der Waals surface area contributed by atoms with Crippen LogP contribution < -0.4 is 5.32 Å². The first-order valence-corrected chi connectivity index (χ1v) is 7.89. The zero-order chi connectivity index (χ0) is 17.0. The van der Waals surface area contributed by atoms with Gasteiger partial charge in [0, 0.05) is 19.1 Å². The van der Waals surface area contributed by atoms with Gasteiger partial charge in [-0.15, -0.1) is 0 Å². The largest absolute Gasteiger partial charge is 0.459 e. The molecule has 1 aliphatic rings. The maximum atomic E-state index is 12.1. The van der Waals surface area contributed by atoms with Crippen molar-refractivity contribution in [2.24, 2.45) is 0 Å². The maximum absolute atomic E-state index is 12.1. The van der Waals surface area contributed by atoms with Crippen LogP contribution in [0.25, 0.3) is 0 Å². The van der Waals surface area contributed by atoms with Gasteiger partial charge < -0.3 is 19.7 Å². The molecule has 128 valence electrons. The Hall–Kier alpha value is -1.30. The third-order valence-electron chi connectivity index (χ3n) is 3.03. The minimum absolute atomic E-state index is 0.0915. The molecule has 0 spiro atoms. The van der Waals surface area contributed by atoms with Gasteiger partial charge in [-0.1, -0.05) is 0 Å². The monoisotopic (exact) mass is 314 g/mol. The van der Waals surface area contributed by atoms with E-state index in [2.05, 4.69) is 5.32 Å². The molecule has 1 unspecified atom stereocenters. The Kier molecular flexibility index (Phi) is 6.23. The summed E-state index contributed by atoms with van der Waals surface area (Å²) in [6, 6.07) is 0.0915. The fourth-order valence-corrected chi connectivity index (χ4v) is 2.24. The van der Waals surface area contributed by atoms with E-state index in [0.717, 1.165) is 12.8 Å². The topological polar surface area (TPSA) is 67.9 Å². The van der Waals surface area contributed by atoms with E-state index in [4.69, 9.17) is 9.47 Å². The normalized spacial score (nSPS) is 19.7. The van der Waals surface area contributed by atoms with E-state index in [9.17, 15) is 9.59 Å². The summed E-state index contributed by atoms with van der Waals surface area (Å²) in [6.45, 7) is 12.5. The SMILES string of the molecule is CC(C)(C)OC(=O)CNC1CCCN(C(=O)OC(C)(C)C)C1. The van der Waals surface area contributed by atoms with Gasteiger partial charge in [0.15, 0.2) is 0 Å². The van der Waals surface area contributed by atoms with Crippen LogP contribution in [-0.2, 0) is 14.3 Å². The van der Waals surface area contributed by atoms with E-state index in [1.807, 2.05) is 41.5 Å². The lowest BCUT2D eigenvalue weighted by atomic mass is 10.1. The molecule has 0 aliphatic carbocycles. The van der Waals surface area contributed by atoms with Crippen molar-refractivity contribution in [2.45, 2.75) is 71.6 Å². The summed E-state index contributed by atoms with van der Waals surface area (Å²) in [5.41, 5.74) is -0.970. The fraction of sp³-hybridized carbons (Fsp3) is 0.875. The van der Waals surface area contributed by atoms with E-state index in [0.29, 0.717) is 13.1 Å². The second-order valence-corrected chi connectivity index (χ2v) is 7.73. The number of hydrogen-bond donors (Lipinski definition) is 1. The number of amides is 1. The Labute approximate surface area is 133 Å². The van der Waals surface area contributed by atoms with Crippen LogP contribution in [0.3, 0.4) is 0 Å². The van der Waals surface area contributed by atoms with Gasteiger partial charge in [-0.3, -0.25) is 4.79 Å². The molecule has 0 aromatic rings. The van der Waals surface area contributed by atoms with Gasteiger partial charge in [-0.2, -0.15) is 0 Å². The fourth-order valence-electron chi connectivity index (χ4n) is 2.24. The first kappa shape index (κ1) is 18.7. The second kappa shape index (κ2) is 7.31. The van der Waals surface area contributed by atoms with Crippen LogP contribution in [0.2, 0.25) is 0 Å². The van der Waals surface area contributed by atoms with Gasteiger partial charge in [-0.05, 0) is 54.4 Å². The molecule has 0 aromatic carbocycles. The molecule has 1 heterocycles. The lowest BCUT2D eigenvalue weighted by molar-refractivity contribution is -0.153. The Morgan fingerprint density at radius 1 is 1.09 bits per heavy atom. The number of piperidine rings is 1. The average Bonchev–Trinajstić information content (AvgIpc) is 2.32. The van der Waals surface area contributed by atoms with E-state index >= 15 is 0 Å². The van der Waals surface area contributed by atoms with Gasteiger partial charge in [0.2, 0.25) is 0 Å². The standard InChI is InChI=1S/C16H30N2O4/c1-15(2,3)21-13(19)10-17-12-8-7-9-18(11-12)14(20)22-16(4,5)6/h12,17H,7-11H2,1-6H3. The quantitative estimate of drug-likeness (QED) is 0.810. The zero-order valence-corrected chi connectivity index (χ0v) is 14.7. The molecule has 0 aromatic heterocycles. The lowest BCUT2D eigenvalue weighted by Gasteiger charge is -2.34. The van der Waals surface area contributed by atoms with E-state index in [-0.39, 0.29) is 24.6 Å². The molecule has 1 atom stereocenters. The number of nitrogens with one attached hydrogen (secondary N) is 1. The molecule has 1 fully saturated rings. The molecule has 1 N–H and O–H groups in total.